The molecule has 0 aliphatic carbocycles. The van der Waals surface area contributed by atoms with Gasteiger partial charge in [-0.25, -0.2) is 4.79 Å². The molecule has 0 radical (unpaired) electrons. The Balaban J connectivity index is 1.61. The number of rotatable bonds is 3. The second kappa shape index (κ2) is 6.61. The zero-order chi connectivity index (χ0) is 16.4. The second-order valence-electron chi connectivity index (χ2n) is 5.97. The van der Waals surface area contributed by atoms with Gasteiger partial charge < -0.3 is 9.74 Å². The van der Waals surface area contributed by atoms with Crippen LogP contribution in [-0.2, 0) is 9.63 Å². The largest absolute Gasteiger partial charge is 0.368 e. The number of nitrogens with zero attached hydrogens (tertiary/aromatic N) is 2. The summed E-state index contributed by atoms with van der Waals surface area (Å²) in [7, 11) is 0. The molecule has 2 aromatic rings. The van der Waals surface area contributed by atoms with Gasteiger partial charge in [0.1, 0.15) is 5.71 Å². The van der Waals surface area contributed by atoms with E-state index < -0.39 is 0 Å². The number of carbonyl (C=O) groups is 1. The molecule has 122 valence electrons. The normalized spacial score (nSPS) is 19.5. The van der Waals surface area contributed by atoms with Crippen LogP contribution in [0.1, 0.15) is 29.7 Å². The molecule has 0 spiro atoms. The smallest absolute Gasteiger partial charge is 0.363 e. The first-order valence-electron chi connectivity index (χ1n) is 8.23. The summed E-state index contributed by atoms with van der Waals surface area (Å²) in [6, 6.07) is 13.9. The monoisotopic (exact) mass is 338 g/mol. The van der Waals surface area contributed by atoms with E-state index in [-0.39, 0.29) is 5.97 Å². The van der Waals surface area contributed by atoms with Crippen molar-refractivity contribution in [3.8, 4) is 0 Å². The minimum atomic E-state index is -0.387. The van der Waals surface area contributed by atoms with Gasteiger partial charge in [-0.3, -0.25) is 0 Å². The molecule has 0 N–H and O–H groups in total. The minimum Gasteiger partial charge on any atom is -0.363 e. The van der Waals surface area contributed by atoms with Crippen molar-refractivity contribution >= 4 is 34.1 Å². The van der Waals surface area contributed by atoms with E-state index in [0.29, 0.717) is 11.3 Å². The molecule has 0 unspecified atom stereocenters. The number of carbonyl (C=O) groups excluding carboxylic acids is 1. The Morgan fingerprint density at radius 1 is 1.04 bits per heavy atom. The standard InChI is InChI=1S/C19H18N2O2S/c22-19-16(18(20-23-19)14-7-3-1-4-8-14)13-15-9-10-17(24-15)21-11-5-2-6-12-21/h1,3-4,7-10,13H,2,5-6,11-12H2/b16-13+. The molecule has 24 heavy (non-hydrogen) atoms. The number of benzene rings is 1. The van der Waals surface area contributed by atoms with Crippen LogP contribution >= 0.6 is 11.3 Å². The highest BCUT2D eigenvalue weighted by Crippen LogP contribution is 2.31. The van der Waals surface area contributed by atoms with Gasteiger partial charge in [-0.05, 0) is 37.5 Å². The van der Waals surface area contributed by atoms with Crippen LogP contribution in [0.25, 0.3) is 6.08 Å². The SMILES string of the molecule is O=C1ON=C(c2ccccc2)/C1=C\c1ccc(N2CCCCC2)s1. The number of oxime groups is 1. The third-order valence-corrected chi connectivity index (χ3v) is 5.40. The van der Waals surface area contributed by atoms with Gasteiger partial charge in [-0.1, -0.05) is 35.5 Å². The molecular weight excluding hydrogens is 320 g/mol. The molecule has 4 rings (SSSR count). The fourth-order valence-corrected chi connectivity index (χ4v) is 4.06. The van der Waals surface area contributed by atoms with E-state index in [1.54, 1.807) is 11.3 Å². The molecule has 4 nitrogen and oxygen atoms in total. The zero-order valence-corrected chi connectivity index (χ0v) is 14.1. The van der Waals surface area contributed by atoms with Gasteiger partial charge in [0.2, 0.25) is 0 Å². The molecule has 2 aliphatic rings. The number of hydrogen-bond acceptors (Lipinski definition) is 5. The Kier molecular flexibility index (Phi) is 4.17. The van der Waals surface area contributed by atoms with Crippen LogP contribution in [0.15, 0.2) is 53.2 Å². The molecule has 5 heteroatoms. The molecule has 0 bridgehead atoms. The van der Waals surface area contributed by atoms with Crippen LogP contribution in [0, 0.1) is 0 Å². The second-order valence-corrected chi connectivity index (χ2v) is 7.06. The summed E-state index contributed by atoms with van der Waals surface area (Å²) in [5.74, 6) is -0.387. The van der Waals surface area contributed by atoms with Crippen molar-refractivity contribution < 1.29 is 9.63 Å². The molecule has 0 amide bonds. The van der Waals surface area contributed by atoms with Gasteiger partial charge in [-0.2, -0.15) is 0 Å². The first kappa shape index (κ1) is 15.1. The molecule has 2 aliphatic heterocycles. The average Bonchev–Trinajstić information content (AvgIpc) is 3.25. The van der Waals surface area contributed by atoms with Crippen LogP contribution in [0.5, 0.6) is 0 Å². The third kappa shape index (κ3) is 2.99. The molecule has 0 atom stereocenters. The molecule has 1 aromatic heterocycles. The van der Waals surface area contributed by atoms with Crippen molar-refractivity contribution in [2.24, 2.45) is 5.16 Å². The predicted octanol–water partition coefficient (Wildman–Crippen LogP) is 4.08. The summed E-state index contributed by atoms with van der Waals surface area (Å²) >= 11 is 1.71. The maximum absolute atomic E-state index is 12.1. The van der Waals surface area contributed by atoms with Crippen LogP contribution < -0.4 is 4.90 Å². The van der Waals surface area contributed by atoms with E-state index in [1.165, 1.54) is 24.3 Å². The topological polar surface area (TPSA) is 41.9 Å². The van der Waals surface area contributed by atoms with Crippen LogP contribution in [0.4, 0.5) is 5.00 Å². The Labute approximate surface area is 145 Å². The van der Waals surface area contributed by atoms with Gasteiger partial charge in [0.15, 0.2) is 0 Å². The highest BCUT2D eigenvalue weighted by Gasteiger charge is 2.27. The lowest BCUT2D eigenvalue weighted by Crippen LogP contribution is -2.28. The van der Waals surface area contributed by atoms with Crippen molar-refractivity contribution in [1.29, 1.82) is 0 Å². The van der Waals surface area contributed by atoms with Crippen LogP contribution in [-0.4, -0.2) is 24.8 Å². The number of anilines is 1. The third-order valence-electron chi connectivity index (χ3n) is 4.31. The Morgan fingerprint density at radius 2 is 1.83 bits per heavy atom. The molecular formula is C19H18N2O2S. The van der Waals surface area contributed by atoms with Crippen molar-refractivity contribution in [2.75, 3.05) is 18.0 Å². The highest BCUT2D eigenvalue weighted by molar-refractivity contribution is 7.17. The summed E-state index contributed by atoms with van der Waals surface area (Å²) in [5, 5.41) is 5.22. The Bertz CT molecular complexity index is 802. The van der Waals surface area contributed by atoms with Crippen LogP contribution in [0.2, 0.25) is 0 Å². The maximum atomic E-state index is 12.1. The molecule has 0 saturated carbocycles. The molecule has 1 saturated heterocycles. The highest BCUT2D eigenvalue weighted by atomic mass is 32.1. The minimum absolute atomic E-state index is 0.387. The average molecular weight is 338 g/mol. The first-order chi connectivity index (χ1) is 11.8. The molecule has 3 heterocycles. The van der Waals surface area contributed by atoms with E-state index in [2.05, 4.69) is 22.2 Å². The summed E-state index contributed by atoms with van der Waals surface area (Å²) in [5.41, 5.74) is 2.02. The van der Waals surface area contributed by atoms with Gasteiger partial charge in [0, 0.05) is 23.5 Å². The Hall–Kier alpha value is -2.40. The summed E-state index contributed by atoms with van der Waals surface area (Å²) in [6.07, 6.45) is 5.72. The van der Waals surface area contributed by atoms with Crippen LogP contribution in [0.3, 0.4) is 0 Å². The lowest BCUT2D eigenvalue weighted by Gasteiger charge is -2.27. The van der Waals surface area contributed by atoms with Gasteiger partial charge in [0.05, 0.1) is 10.6 Å². The Morgan fingerprint density at radius 3 is 2.62 bits per heavy atom. The van der Waals surface area contributed by atoms with Gasteiger partial charge in [0.25, 0.3) is 0 Å². The lowest BCUT2D eigenvalue weighted by atomic mass is 10.0. The van der Waals surface area contributed by atoms with Gasteiger partial charge in [-0.15, -0.1) is 11.3 Å². The fraction of sp³-hybridized carbons (Fsp3) is 0.263. The first-order valence-corrected chi connectivity index (χ1v) is 9.04. The quantitative estimate of drug-likeness (QED) is 0.625. The fourth-order valence-electron chi connectivity index (χ4n) is 3.06. The van der Waals surface area contributed by atoms with Crippen molar-refractivity contribution in [1.82, 2.24) is 0 Å². The summed E-state index contributed by atoms with van der Waals surface area (Å²) < 4.78 is 0. The predicted molar refractivity (Wildman–Crippen MR) is 97.4 cm³/mol. The van der Waals surface area contributed by atoms with E-state index in [4.69, 9.17) is 4.84 Å². The molecule has 1 aromatic carbocycles. The zero-order valence-electron chi connectivity index (χ0n) is 13.3. The lowest BCUT2D eigenvalue weighted by molar-refractivity contribution is -0.136. The van der Waals surface area contributed by atoms with Crippen molar-refractivity contribution in [3.05, 3.63) is 58.5 Å². The van der Waals surface area contributed by atoms with E-state index >= 15 is 0 Å². The van der Waals surface area contributed by atoms with E-state index in [1.807, 2.05) is 36.4 Å². The van der Waals surface area contributed by atoms with Crippen molar-refractivity contribution in [3.63, 3.8) is 0 Å². The van der Waals surface area contributed by atoms with E-state index in [0.717, 1.165) is 23.5 Å². The number of thiophene rings is 1. The number of piperidine rings is 1. The molecule has 1 fully saturated rings. The van der Waals surface area contributed by atoms with Crippen molar-refractivity contribution in [2.45, 2.75) is 19.3 Å². The van der Waals surface area contributed by atoms with E-state index in [9.17, 15) is 4.79 Å². The van der Waals surface area contributed by atoms with Gasteiger partial charge >= 0.3 is 5.97 Å². The number of hydrogen-bond donors (Lipinski definition) is 0. The summed E-state index contributed by atoms with van der Waals surface area (Å²) in [6.45, 7) is 2.24. The maximum Gasteiger partial charge on any atom is 0.368 e. The summed E-state index contributed by atoms with van der Waals surface area (Å²) in [4.78, 5) is 20.4.